The van der Waals surface area contributed by atoms with Gasteiger partial charge in [-0.2, -0.15) is 12.7 Å². The van der Waals surface area contributed by atoms with Gasteiger partial charge in [-0.3, -0.25) is 9.52 Å². The standard InChI is InChI=1S/C23H17F2N5O3S2/c1-30(2)35(32,33)29-18-6-4-16(24)20(21(18)25)22(31)15-10-27-23-14(15)7-13(9-26-23)12-3-5-17-19(8-12)34-11-28-17/h3-11,29H,1-2H3,(H,26,27). The monoisotopic (exact) mass is 513 g/mol. The fourth-order valence-electron chi connectivity index (χ4n) is 3.59. The molecule has 2 N–H and O–H groups in total. The molecule has 2 aromatic carbocycles. The fourth-order valence-corrected chi connectivity index (χ4v) is 4.92. The molecule has 0 aliphatic heterocycles. The van der Waals surface area contributed by atoms with Crippen molar-refractivity contribution in [2.45, 2.75) is 0 Å². The number of aromatic nitrogens is 3. The van der Waals surface area contributed by atoms with Crippen molar-refractivity contribution in [2.75, 3.05) is 18.8 Å². The summed E-state index contributed by atoms with van der Waals surface area (Å²) in [6, 6.07) is 9.17. The molecule has 0 amide bonds. The summed E-state index contributed by atoms with van der Waals surface area (Å²) in [5.41, 5.74) is 3.10. The van der Waals surface area contributed by atoms with Gasteiger partial charge in [-0.25, -0.2) is 18.7 Å². The van der Waals surface area contributed by atoms with Gasteiger partial charge in [-0.1, -0.05) is 6.07 Å². The van der Waals surface area contributed by atoms with E-state index in [0.717, 1.165) is 32.2 Å². The largest absolute Gasteiger partial charge is 0.345 e. The molecule has 0 aliphatic rings. The number of H-pyrrole nitrogens is 1. The number of nitrogens with zero attached hydrogens (tertiary/aromatic N) is 3. The van der Waals surface area contributed by atoms with Gasteiger partial charge in [0.05, 0.1) is 27.0 Å². The van der Waals surface area contributed by atoms with Crippen molar-refractivity contribution in [1.82, 2.24) is 19.3 Å². The van der Waals surface area contributed by atoms with E-state index in [1.807, 2.05) is 22.9 Å². The van der Waals surface area contributed by atoms with Crippen molar-refractivity contribution in [2.24, 2.45) is 0 Å². The quantitative estimate of drug-likeness (QED) is 0.324. The van der Waals surface area contributed by atoms with Crippen LogP contribution in [0.5, 0.6) is 0 Å². The van der Waals surface area contributed by atoms with E-state index in [9.17, 15) is 17.6 Å². The molecular formula is C23H17F2N5O3S2. The summed E-state index contributed by atoms with van der Waals surface area (Å²) in [4.78, 5) is 24.7. The Balaban J connectivity index is 1.58. The highest BCUT2D eigenvalue weighted by atomic mass is 32.2. The molecule has 5 rings (SSSR count). The predicted molar refractivity (Wildman–Crippen MR) is 131 cm³/mol. The number of rotatable bonds is 6. The molecule has 0 atom stereocenters. The Morgan fingerprint density at radius 1 is 1.09 bits per heavy atom. The molecule has 12 heteroatoms. The zero-order valence-electron chi connectivity index (χ0n) is 18.3. The molecule has 0 unspecified atom stereocenters. The Bertz CT molecular complexity index is 1730. The molecule has 0 spiro atoms. The van der Waals surface area contributed by atoms with Gasteiger partial charge < -0.3 is 4.98 Å². The minimum atomic E-state index is -4.08. The number of hydrogen-bond acceptors (Lipinski definition) is 6. The molecule has 0 bridgehead atoms. The van der Waals surface area contributed by atoms with E-state index in [0.29, 0.717) is 16.6 Å². The number of aromatic amines is 1. The Morgan fingerprint density at radius 2 is 1.89 bits per heavy atom. The van der Waals surface area contributed by atoms with E-state index in [2.05, 4.69) is 15.0 Å². The van der Waals surface area contributed by atoms with E-state index in [1.165, 1.54) is 31.6 Å². The van der Waals surface area contributed by atoms with Crippen LogP contribution in [0, 0.1) is 11.6 Å². The molecule has 0 radical (unpaired) electrons. The highest BCUT2D eigenvalue weighted by Gasteiger charge is 2.26. The summed E-state index contributed by atoms with van der Waals surface area (Å²) in [5, 5.41) is 0.370. The fraction of sp³-hybridized carbons (Fsp3) is 0.0870. The van der Waals surface area contributed by atoms with Crippen molar-refractivity contribution in [3.63, 3.8) is 0 Å². The molecule has 0 fully saturated rings. The van der Waals surface area contributed by atoms with Crippen molar-refractivity contribution in [1.29, 1.82) is 0 Å². The number of pyridine rings is 1. The summed E-state index contributed by atoms with van der Waals surface area (Å²) in [5.74, 6) is -3.38. The number of thiazole rings is 1. The minimum Gasteiger partial charge on any atom is -0.345 e. The van der Waals surface area contributed by atoms with Crippen LogP contribution in [0.15, 0.2) is 54.3 Å². The molecule has 3 heterocycles. The molecule has 8 nitrogen and oxygen atoms in total. The van der Waals surface area contributed by atoms with Crippen LogP contribution >= 0.6 is 11.3 Å². The maximum atomic E-state index is 15.2. The summed E-state index contributed by atoms with van der Waals surface area (Å²) >= 11 is 1.49. The number of hydrogen-bond donors (Lipinski definition) is 2. The molecule has 0 aliphatic carbocycles. The highest BCUT2D eigenvalue weighted by Crippen LogP contribution is 2.31. The number of carbonyl (C=O) groups is 1. The topological polar surface area (TPSA) is 108 Å². The third-order valence-electron chi connectivity index (χ3n) is 5.48. The molecule has 178 valence electrons. The maximum Gasteiger partial charge on any atom is 0.301 e. The molecular weight excluding hydrogens is 496 g/mol. The second kappa shape index (κ2) is 8.48. The zero-order chi connectivity index (χ0) is 24.9. The van der Waals surface area contributed by atoms with Crippen molar-refractivity contribution in [3.05, 3.63) is 77.1 Å². The van der Waals surface area contributed by atoms with Gasteiger partial charge in [-0.15, -0.1) is 11.3 Å². The third-order valence-corrected chi connectivity index (χ3v) is 7.71. The number of benzene rings is 2. The van der Waals surface area contributed by atoms with Crippen LogP contribution in [-0.4, -0.2) is 47.6 Å². The normalized spacial score (nSPS) is 12.0. The first kappa shape index (κ1) is 23.0. The first-order valence-electron chi connectivity index (χ1n) is 10.2. The summed E-state index contributed by atoms with van der Waals surface area (Å²) < 4.78 is 57.9. The number of fused-ring (bicyclic) bond motifs is 2. The zero-order valence-corrected chi connectivity index (χ0v) is 20.0. The molecule has 0 saturated carbocycles. The first-order valence-corrected chi connectivity index (χ1v) is 12.5. The van der Waals surface area contributed by atoms with E-state index in [-0.39, 0.29) is 5.56 Å². The maximum absolute atomic E-state index is 15.2. The van der Waals surface area contributed by atoms with Crippen LogP contribution in [0.4, 0.5) is 14.5 Å². The smallest absolute Gasteiger partial charge is 0.301 e. The van der Waals surface area contributed by atoms with Gasteiger partial charge in [-0.05, 0) is 35.9 Å². The van der Waals surface area contributed by atoms with Gasteiger partial charge in [0.15, 0.2) is 5.82 Å². The molecule has 3 aromatic heterocycles. The summed E-state index contributed by atoms with van der Waals surface area (Å²) in [6.07, 6.45) is 2.96. The molecule has 35 heavy (non-hydrogen) atoms. The van der Waals surface area contributed by atoms with Crippen LogP contribution in [0.2, 0.25) is 0 Å². The van der Waals surface area contributed by atoms with Crippen molar-refractivity contribution in [3.8, 4) is 11.1 Å². The van der Waals surface area contributed by atoms with E-state index in [4.69, 9.17) is 0 Å². The Hall–Kier alpha value is -3.74. The third kappa shape index (κ3) is 4.05. The van der Waals surface area contributed by atoms with E-state index >= 15 is 4.39 Å². The van der Waals surface area contributed by atoms with Crippen LogP contribution < -0.4 is 4.72 Å². The average Bonchev–Trinajstić information content (AvgIpc) is 3.46. The van der Waals surface area contributed by atoms with E-state index < -0.39 is 38.9 Å². The highest BCUT2D eigenvalue weighted by molar-refractivity contribution is 7.90. The number of anilines is 1. The predicted octanol–water partition coefficient (Wildman–Crippen LogP) is 4.57. The molecule has 0 saturated heterocycles. The van der Waals surface area contributed by atoms with Crippen LogP contribution in [0.1, 0.15) is 15.9 Å². The van der Waals surface area contributed by atoms with Gasteiger partial charge in [0.25, 0.3) is 0 Å². The molecule has 5 aromatic rings. The van der Waals surface area contributed by atoms with Crippen LogP contribution in [0.25, 0.3) is 32.4 Å². The lowest BCUT2D eigenvalue weighted by atomic mass is 10.00. The van der Waals surface area contributed by atoms with Gasteiger partial charge >= 0.3 is 10.2 Å². The van der Waals surface area contributed by atoms with E-state index in [1.54, 1.807) is 17.8 Å². The first-order chi connectivity index (χ1) is 16.7. The lowest BCUT2D eigenvalue weighted by Gasteiger charge is -2.15. The summed E-state index contributed by atoms with van der Waals surface area (Å²) in [7, 11) is -1.58. The Labute approximate surface area is 202 Å². The number of ketones is 1. The average molecular weight is 514 g/mol. The Kier molecular flexibility index (Phi) is 5.58. The lowest BCUT2D eigenvalue weighted by Crippen LogP contribution is -2.29. The lowest BCUT2D eigenvalue weighted by molar-refractivity contribution is 0.103. The summed E-state index contributed by atoms with van der Waals surface area (Å²) in [6.45, 7) is 0. The second-order valence-electron chi connectivity index (χ2n) is 7.86. The Morgan fingerprint density at radius 3 is 2.66 bits per heavy atom. The SMILES string of the molecule is CN(C)S(=O)(=O)Nc1ccc(F)c(C(=O)c2c[nH]c3ncc(-c4ccc5ncsc5c4)cc23)c1F. The van der Waals surface area contributed by atoms with Gasteiger partial charge in [0, 0.05) is 43.0 Å². The number of halogens is 2. The van der Waals surface area contributed by atoms with Gasteiger partial charge in [0.1, 0.15) is 11.5 Å². The van der Waals surface area contributed by atoms with Crippen molar-refractivity contribution < 1.29 is 22.0 Å². The van der Waals surface area contributed by atoms with Gasteiger partial charge in [0.2, 0.25) is 5.78 Å². The number of nitrogens with one attached hydrogen (secondary N) is 2. The number of carbonyl (C=O) groups excluding carboxylic acids is 1. The van der Waals surface area contributed by atoms with Crippen LogP contribution in [0.3, 0.4) is 0 Å². The van der Waals surface area contributed by atoms with Crippen LogP contribution in [-0.2, 0) is 10.2 Å². The minimum absolute atomic E-state index is 0.00126. The van der Waals surface area contributed by atoms with Crippen molar-refractivity contribution >= 4 is 54.3 Å². The second-order valence-corrected chi connectivity index (χ2v) is 10.6.